The molecule has 0 saturated heterocycles. The third-order valence-electron chi connectivity index (χ3n) is 2.75. The summed E-state index contributed by atoms with van der Waals surface area (Å²) in [7, 11) is -3.77. The third-order valence-corrected chi connectivity index (χ3v) is 3.53. The van der Waals surface area contributed by atoms with E-state index >= 15 is 0 Å². The lowest BCUT2D eigenvalue weighted by Gasteiger charge is -2.08. The van der Waals surface area contributed by atoms with Crippen molar-refractivity contribution in [1.82, 2.24) is 0 Å². The Morgan fingerprint density at radius 3 is 2.53 bits per heavy atom. The summed E-state index contributed by atoms with van der Waals surface area (Å²) >= 11 is 0. The minimum absolute atomic E-state index is 0.218. The van der Waals surface area contributed by atoms with Crippen LogP contribution in [0.1, 0.15) is 16.9 Å². The highest BCUT2D eigenvalue weighted by Gasteiger charge is 2.13. The monoisotopic (exact) mass is 280 g/mol. The second kappa shape index (κ2) is 5.07. The highest BCUT2D eigenvalue weighted by molar-refractivity contribution is 7.89. The molecule has 0 aliphatic heterocycles. The number of rotatable bonds is 4. The van der Waals surface area contributed by atoms with Gasteiger partial charge in [-0.25, -0.2) is 13.6 Å². The van der Waals surface area contributed by atoms with Crippen molar-refractivity contribution in [3.8, 4) is 0 Å². The van der Waals surface area contributed by atoms with Gasteiger partial charge >= 0.3 is 0 Å². The van der Waals surface area contributed by atoms with Crippen LogP contribution in [0.3, 0.4) is 0 Å². The third kappa shape index (κ3) is 3.36. The van der Waals surface area contributed by atoms with E-state index in [2.05, 4.69) is 11.4 Å². The number of furan rings is 1. The van der Waals surface area contributed by atoms with Gasteiger partial charge in [0.1, 0.15) is 5.76 Å². The molecule has 1 aromatic heterocycles. The molecule has 0 fully saturated rings. The van der Waals surface area contributed by atoms with Crippen molar-refractivity contribution in [3.63, 3.8) is 0 Å². The van der Waals surface area contributed by atoms with Crippen molar-refractivity contribution in [1.29, 1.82) is 0 Å². The molecule has 3 N–H and O–H groups in total. The second-order valence-corrected chi connectivity index (χ2v) is 5.93. The summed E-state index contributed by atoms with van der Waals surface area (Å²) < 4.78 is 27.3. The Labute approximate surface area is 112 Å². The topological polar surface area (TPSA) is 85.3 Å². The minimum atomic E-state index is -3.77. The number of hydrogen-bond acceptors (Lipinski definition) is 4. The first kappa shape index (κ1) is 13.6. The normalized spacial score (nSPS) is 11.5. The van der Waals surface area contributed by atoms with E-state index in [1.165, 1.54) is 11.6 Å². The highest BCUT2D eigenvalue weighted by atomic mass is 32.2. The van der Waals surface area contributed by atoms with Crippen LogP contribution in [0.15, 0.2) is 39.8 Å². The fourth-order valence-corrected chi connectivity index (χ4v) is 2.28. The largest absolute Gasteiger partial charge is 0.446 e. The summed E-state index contributed by atoms with van der Waals surface area (Å²) in [4.78, 5) is 0. The van der Waals surface area contributed by atoms with E-state index in [4.69, 9.17) is 9.56 Å². The van der Waals surface area contributed by atoms with Crippen LogP contribution in [0.25, 0.3) is 0 Å². The second-order valence-electron chi connectivity index (χ2n) is 4.44. The number of nitrogens with one attached hydrogen (secondary N) is 1. The molecule has 5 nitrogen and oxygen atoms in total. The van der Waals surface area contributed by atoms with Gasteiger partial charge in [0.25, 0.3) is 10.0 Å². The molecule has 1 heterocycles. The summed E-state index contributed by atoms with van der Waals surface area (Å²) in [6, 6.07) is 9.01. The minimum Gasteiger partial charge on any atom is -0.446 e. The summed E-state index contributed by atoms with van der Waals surface area (Å²) in [6.45, 7) is 4.44. The molecule has 6 heteroatoms. The lowest BCUT2D eigenvalue weighted by molar-refractivity contribution is 0.419. The van der Waals surface area contributed by atoms with Crippen LogP contribution >= 0.6 is 0 Å². The molecule has 0 radical (unpaired) electrons. The van der Waals surface area contributed by atoms with E-state index < -0.39 is 10.0 Å². The van der Waals surface area contributed by atoms with Gasteiger partial charge in [-0.3, -0.25) is 0 Å². The summed E-state index contributed by atoms with van der Waals surface area (Å²) in [5, 5.41) is 7.95. The lowest BCUT2D eigenvalue weighted by Crippen LogP contribution is -2.10. The fraction of sp³-hybridized carbons (Fsp3) is 0.231. The summed E-state index contributed by atoms with van der Waals surface area (Å²) in [6.07, 6.45) is 0. The Morgan fingerprint density at radius 2 is 1.95 bits per heavy atom. The molecule has 0 unspecified atom stereocenters. The van der Waals surface area contributed by atoms with Crippen molar-refractivity contribution >= 4 is 15.7 Å². The average Bonchev–Trinajstić information content (AvgIpc) is 2.76. The fourth-order valence-electron chi connectivity index (χ4n) is 1.80. The number of aryl methyl sites for hydroxylation is 2. The Kier molecular flexibility index (Phi) is 3.64. The Balaban J connectivity index is 2.09. The van der Waals surface area contributed by atoms with Crippen LogP contribution in [-0.2, 0) is 16.6 Å². The first-order valence-corrected chi connectivity index (χ1v) is 7.33. The Morgan fingerprint density at radius 1 is 1.21 bits per heavy atom. The van der Waals surface area contributed by atoms with Gasteiger partial charge in [-0.05, 0) is 37.6 Å². The first-order chi connectivity index (χ1) is 8.86. The van der Waals surface area contributed by atoms with Crippen molar-refractivity contribution in [2.45, 2.75) is 25.5 Å². The van der Waals surface area contributed by atoms with Gasteiger partial charge in [0, 0.05) is 5.69 Å². The summed E-state index contributed by atoms with van der Waals surface area (Å²) in [5.41, 5.74) is 3.30. The van der Waals surface area contributed by atoms with Gasteiger partial charge in [0.2, 0.25) is 5.09 Å². The summed E-state index contributed by atoms with van der Waals surface area (Å²) in [5.74, 6) is 0.518. The van der Waals surface area contributed by atoms with Crippen molar-refractivity contribution < 1.29 is 12.8 Å². The Hall–Kier alpha value is -1.79. The molecule has 2 aromatic rings. The van der Waals surface area contributed by atoms with Gasteiger partial charge in [0.05, 0.1) is 6.54 Å². The number of sulfonamides is 1. The van der Waals surface area contributed by atoms with Crippen LogP contribution in [0.2, 0.25) is 0 Å². The zero-order valence-electron chi connectivity index (χ0n) is 10.8. The van der Waals surface area contributed by atoms with E-state index in [1.54, 1.807) is 6.07 Å². The Bertz CT molecular complexity index is 690. The van der Waals surface area contributed by atoms with Gasteiger partial charge < -0.3 is 9.73 Å². The molecule has 0 aliphatic rings. The van der Waals surface area contributed by atoms with E-state index in [0.29, 0.717) is 12.3 Å². The predicted octanol–water partition coefficient (Wildman–Crippen LogP) is 2.16. The van der Waals surface area contributed by atoms with Crippen molar-refractivity contribution in [3.05, 3.63) is 47.2 Å². The van der Waals surface area contributed by atoms with Crippen LogP contribution in [0.4, 0.5) is 5.69 Å². The number of primary sulfonamides is 1. The molecule has 0 saturated carbocycles. The molecule has 0 aliphatic carbocycles. The predicted molar refractivity (Wildman–Crippen MR) is 73.3 cm³/mol. The van der Waals surface area contributed by atoms with Crippen LogP contribution in [-0.4, -0.2) is 8.42 Å². The van der Waals surface area contributed by atoms with Gasteiger partial charge in [-0.2, -0.15) is 0 Å². The molecular weight excluding hydrogens is 264 g/mol. The molecule has 0 spiro atoms. The smallest absolute Gasteiger partial charge is 0.271 e. The molecule has 2 rings (SSSR count). The molecule has 19 heavy (non-hydrogen) atoms. The van der Waals surface area contributed by atoms with Crippen LogP contribution in [0.5, 0.6) is 0 Å². The van der Waals surface area contributed by atoms with E-state index in [9.17, 15) is 8.42 Å². The van der Waals surface area contributed by atoms with Crippen molar-refractivity contribution in [2.24, 2.45) is 5.14 Å². The molecule has 0 atom stereocenters. The maximum atomic E-state index is 11.1. The molecule has 102 valence electrons. The number of benzene rings is 1. The number of anilines is 1. The highest BCUT2D eigenvalue weighted by Crippen LogP contribution is 2.18. The average molecular weight is 280 g/mol. The van der Waals surface area contributed by atoms with E-state index in [-0.39, 0.29) is 5.09 Å². The maximum absolute atomic E-state index is 11.1. The van der Waals surface area contributed by atoms with Gasteiger partial charge in [-0.1, -0.05) is 17.7 Å². The van der Waals surface area contributed by atoms with E-state index in [1.807, 2.05) is 26.0 Å². The van der Waals surface area contributed by atoms with Crippen molar-refractivity contribution in [2.75, 3.05) is 5.32 Å². The SMILES string of the molecule is Cc1ccc(NCc2ccc(S(N)(=O)=O)o2)c(C)c1. The van der Waals surface area contributed by atoms with Crippen LogP contribution in [0, 0.1) is 13.8 Å². The zero-order chi connectivity index (χ0) is 14.0. The number of hydrogen-bond donors (Lipinski definition) is 2. The van der Waals surface area contributed by atoms with Gasteiger partial charge in [-0.15, -0.1) is 0 Å². The number of nitrogens with two attached hydrogens (primary N) is 1. The van der Waals surface area contributed by atoms with Gasteiger partial charge in [0.15, 0.2) is 0 Å². The quantitative estimate of drug-likeness (QED) is 0.898. The lowest BCUT2D eigenvalue weighted by atomic mass is 10.1. The molecular formula is C13H16N2O3S. The maximum Gasteiger partial charge on any atom is 0.271 e. The molecule has 0 bridgehead atoms. The van der Waals surface area contributed by atoms with E-state index in [0.717, 1.165) is 11.3 Å². The van der Waals surface area contributed by atoms with Crippen LogP contribution < -0.4 is 10.5 Å². The zero-order valence-corrected chi connectivity index (χ0v) is 11.6. The molecule has 1 aromatic carbocycles. The first-order valence-electron chi connectivity index (χ1n) is 5.79. The standard InChI is InChI=1S/C13H16N2O3S/c1-9-3-5-12(10(2)7-9)15-8-11-4-6-13(18-11)19(14,16)17/h3-7,15H,8H2,1-2H3,(H2,14,16,17). The molecule has 0 amide bonds.